The Morgan fingerprint density at radius 1 is 1.38 bits per heavy atom. The molecule has 0 aliphatic rings. The summed E-state index contributed by atoms with van der Waals surface area (Å²) in [5.74, 6) is 0.0278. The molecule has 0 saturated carbocycles. The number of anilines is 1. The van der Waals surface area contributed by atoms with Crippen molar-refractivity contribution >= 4 is 17.3 Å². The third kappa shape index (κ3) is 3.97. The van der Waals surface area contributed by atoms with Crippen LogP contribution in [-0.4, -0.2) is 22.0 Å². The number of nitro groups is 1. The normalized spacial score (nSPS) is 10.2. The molecule has 1 heterocycles. The lowest BCUT2D eigenvalue weighted by atomic mass is 10.2. The number of para-hydroxylation sites is 2. The topological polar surface area (TPSA) is 103 Å². The van der Waals surface area contributed by atoms with Crippen molar-refractivity contribution in [2.45, 2.75) is 20.4 Å². The quantitative estimate of drug-likeness (QED) is 0.645. The van der Waals surface area contributed by atoms with Crippen LogP contribution in [-0.2, 0) is 11.3 Å². The van der Waals surface area contributed by atoms with Crippen molar-refractivity contribution < 1.29 is 14.5 Å². The molecule has 0 spiro atoms. The van der Waals surface area contributed by atoms with Crippen LogP contribution in [0.2, 0.25) is 0 Å². The van der Waals surface area contributed by atoms with E-state index in [2.05, 4.69) is 5.32 Å². The second-order valence-electron chi connectivity index (χ2n) is 5.05. The predicted octanol–water partition coefficient (Wildman–Crippen LogP) is 2.10. The molecule has 1 amide bonds. The monoisotopic (exact) mass is 331 g/mol. The third-order valence-electron chi connectivity index (χ3n) is 3.24. The smallest absolute Gasteiger partial charge is 0.286 e. The molecular weight excluding hydrogens is 314 g/mol. The van der Waals surface area contributed by atoms with Crippen LogP contribution in [0, 0.1) is 17.0 Å². The lowest BCUT2D eigenvalue weighted by Crippen LogP contribution is -2.28. The van der Waals surface area contributed by atoms with E-state index in [0.29, 0.717) is 18.0 Å². The molecule has 1 aromatic heterocycles. The molecule has 126 valence electrons. The second kappa shape index (κ2) is 7.40. The first-order valence-corrected chi connectivity index (χ1v) is 7.29. The largest absolute Gasteiger partial charge is 0.492 e. The first kappa shape index (κ1) is 17.2. The Morgan fingerprint density at radius 3 is 2.75 bits per heavy atom. The number of pyridine rings is 1. The molecule has 1 aromatic carbocycles. The highest BCUT2D eigenvalue weighted by molar-refractivity contribution is 5.92. The number of aryl methyl sites for hydroxylation is 1. The molecule has 0 unspecified atom stereocenters. The Labute approximate surface area is 137 Å². The third-order valence-corrected chi connectivity index (χ3v) is 3.24. The number of benzene rings is 1. The fourth-order valence-corrected chi connectivity index (χ4v) is 2.18. The molecule has 0 aliphatic carbocycles. The van der Waals surface area contributed by atoms with Gasteiger partial charge in [0, 0.05) is 11.6 Å². The Kier molecular flexibility index (Phi) is 5.31. The SMILES string of the molecule is CCOc1ccccc1NC(=O)Cn1cc([N+](=O)[O-])cc(C)c1=O. The van der Waals surface area contributed by atoms with Gasteiger partial charge in [-0.1, -0.05) is 12.1 Å². The van der Waals surface area contributed by atoms with Gasteiger partial charge in [0.1, 0.15) is 12.3 Å². The zero-order chi connectivity index (χ0) is 17.7. The van der Waals surface area contributed by atoms with E-state index in [1.54, 1.807) is 24.3 Å². The standard InChI is InChI=1S/C16H17N3O5/c1-3-24-14-7-5-4-6-13(14)17-15(20)10-18-9-12(19(22)23)8-11(2)16(18)21/h4-9H,3,10H2,1-2H3,(H,17,20). The summed E-state index contributed by atoms with van der Waals surface area (Å²) in [5, 5.41) is 13.5. The van der Waals surface area contributed by atoms with Crippen molar-refractivity contribution in [3.8, 4) is 5.75 Å². The summed E-state index contributed by atoms with van der Waals surface area (Å²) in [6, 6.07) is 8.07. The lowest BCUT2D eigenvalue weighted by molar-refractivity contribution is -0.385. The van der Waals surface area contributed by atoms with Crippen LogP contribution in [0.4, 0.5) is 11.4 Å². The molecule has 0 aliphatic heterocycles. The van der Waals surface area contributed by atoms with Gasteiger partial charge in [-0.3, -0.25) is 24.3 Å². The van der Waals surface area contributed by atoms with Crippen LogP contribution in [0.25, 0.3) is 0 Å². The molecule has 0 saturated heterocycles. The van der Waals surface area contributed by atoms with Crippen LogP contribution in [0.15, 0.2) is 41.3 Å². The molecule has 0 atom stereocenters. The maximum atomic E-state index is 12.2. The van der Waals surface area contributed by atoms with E-state index in [4.69, 9.17) is 4.74 Å². The van der Waals surface area contributed by atoms with E-state index in [9.17, 15) is 19.7 Å². The number of aromatic nitrogens is 1. The fraction of sp³-hybridized carbons (Fsp3) is 0.250. The maximum Gasteiger partial charge on any atom is 0.286 e. The number of amides is 1. The summed E-state index contributed by atoms with van der Waals surface area (Å²) in [6.07, 6.45) is 1.06. The van der Waals surface area contributed by atoms with Crippen LogP contribution in [0.1, 0.15) is 12.5 Å². The second-order valence-corrected chi connectivity index (χ2v) is 5.05. The van der Waals surface area contributed by atoms with Crippen molar-refractivity contribution in [2.24, 2.45) is 0 Å². The number of rotatable bonds is 6. The molecular formula is C16H17N3O5. The number of carbonyl (C=O) groups is 1. The van der Waals surface area contributed by atoms with E-state index < -0.39 is 16.4 Å². The molecule has 2 rings (SSSR count). The van der Waals surface area contributed by atoms with Crippen molar-refractivity contribution in [2.75, 3.05) is 11.9 Å². The number of nitrogens with zero attached hydrogens (tertiary/aromatic N) is 2. The fourth-order valence-electron chi connectivity index (χ4n) is 2.18. The van der Waals surface area contributed by atoms with Gasteiger partial charge in [0.05, 0.1) is 23.4 Å². The van der Waals surface area contributed by atoms with Crippen molar-refractivity contribution in [3.05, 3.63) is 62.6 Å². The Morgan fingerprint density at radius 2 is 2.08 bits per heavy atom. The molecule has 1 N–H and O–H groups in total. The summed E-state index contributed by atoms with van der Waals surface area (Å²) in [6.45, 7) is 3.40. The molecule has 0 bridgehead atoms. The summed E-state index contributed by atoms with van der Waals surface area (Å²) in [7, 11) is 0. The first-order valence-electron chi connectivity index (χ1n) is 7.29. The van der Waals surface area contributed by atoms with Crippen LogP contribution >= 0.6 is 0 Å². The zero-order valence-electron chi connectivity index (χ0n) is 13.3. The number of hydrogen-bond donors (Lipinski definition) is 1. The molecule has 8 heteroatoms. The molecule has 24 heavy (non-hydrogen) atoms. The van der Waals surface area contributed by atoms with Crippen LogP contribution in [0.5, 0.6) is 5.75 Å². The van der Waals surface area contributed by atoms with Crippen LogP contribution in [0.3, 0.4) is 0 Å². The van der Waals surface area contributed by atoms with E-state index in [1.165, 1.54) is 13.0 Å². The maximum absolute atomic E-state index is 12.2. The molecule has 0 fully saturated rings. The highest BCUT2D eigenvalue weighted by Gasteiger charge is 2.14. The highest BCUT2D eigenvalue weighted by atomic mass is 16.6. The minimum atomic E-state index is -0.606. The van der Waals surface area contributed by atoms with E-state index >= 15 is 0 Å². The van der Waals surface area contributed by atoms with Crippen molar-refractivity contribution in [1.82, 2.24) is 4.57 Å². The van der Waals surface area contributed by atoms with Gasteiger partial charge >= 0.3 is 0 Å². The van der Waals surface area contributed by atoms with Gasteiger partial charge in [-0.05, 0) is 26.0 Å². The summed E-state index contributed by atoms with van der Waals surface area (Å²) in [4.78, 5) is 34.5. The number of ether oxygens (including phenoxy) is 1. The molecule has 8 nitrogen and oxygen atoms in total. The number of hydrogen-bond acceptors (Lipinski definition) is 5. The Balaban J connectivity index is 2.22. The Hall–Kier alpha value is -3.16. The van der Waals surface area contributed by atoms with E-state index in [0.717, 1.165) is 10.8 Å². The van der Waals surface area contributed by atoms with Gasteiger partial charge in [0.15, 0.2) is 0 Å². The van der Waals surface area contributed by atoms with Gasteiger partial charge in [-0.2, -0.15) is 0 Å². The summed E-state index contributed by atoms with van der Waals surface area (Å²) >= 11 is 0. The van der Waals surface area contributed by atoms with Gasteiger partial charge < -0.3 is 10.1 Å². The minimum absolute atomic E-state index is 0.201. The van der Waals surface area contributed by atoms with Gasteiger partial charge in [-0.15, -0.1) is 0 Å². The van der Waals surface area contributed by atoms with Gasteiger partial charge in [0.2, 0.25) is 5.91 Å². The summed E-state index contributed by atoms with van der Waals surface area (Å²) < 4.78 is 6.43. The molecule has 2 aromatic rings. The molecule has 0 radical (unpaired) electrons. The van der Waals surface area contributed by atoms with E-state index in [-0.39, 0.29) is 17.8 Å². The Bertz CT molecular complexity index is 829. The number of nitrogens with one attached hydrogen (secondary N) is 1. The van der Waals surface area contributed by atoms with E-state index in [1.807, 2.05) is 6.92 Å². The highest BCUT2D eigenvalue weighted by Crippen LogP contribution is 2.23. The first-order chi connectivity index (χ1) is 11.4. The average Bonchev–Trinajstić information content (AvgIpc) is 2.53. The average molecular weight is 331 g/mol. The van der Waals surface area contributed by atoms with Gasteiger partial charge in [0.25, 0.3) is 11.2 Å². The van der Waals surface area contributed by atoms with Crippen molar-refractivity contribution in [1.29, 1.82) is 0 Å². The summed E-state index contributed by atoms with van der Waals surface area (Å²) in [5.41, 5.74) is -0.0188. The van der Waals surface area contributed by atoms with Crippen LogP contribution < -0.4 is 15.6 Å². The zero-order valence-corrected chi connectivity index (χ0v) is 13.3. The van der Waals surface area contributed by atoms with Gasteiger partial charge in [-0.25, -0.2) is 0 Å². The lowest BCUT2D eigenvalue weighted by Gasteiger charge is -2.12. The number of carbonyl (C=O) groups excluding carboxylic acids is 1. The minimum Gasteiger partial charge on any atom is -0.492 e. The predicted molar refractivity (Wildman–Crippen MR) is 88.3 cm³/mol. The van der Waals surface area contributed by atoms with Crippen molar-refractivity contribution in [3.63, 3.8) is 0 Å².